The molecule has 8 atom stereocenters. The normalized spacial score (nSPS) is 40.6. The largest absolute Gasteiger partial charge is 0.462 e. The van der Waals surface area contributed by atoms with Crippen LogP contribution in [0.15, 0.2) is 42.0 Å². The Hall–Kier alpha value is -2.18. The third-order valence-corrected chi connectivity index (χ3v) is 16.2. The van der Waals surface area contributed by atoms with Crippen molar-refractivity contribution in [2.45, 2.75) is 132 Å². The fourth-order valence-corrected chi connectivity index (χ4v) is 13.0. The summed E-state index contributed by atoms with van der Waals surface area (Å²) >= 11 is 0. The minimum Gasteiger partial charge on any atom is -0.462 e. The van der Waals surface area contributed by atoms with Crippen molar-refractivity contribution in [2.24, 2.45) is 50.2 Å². The van der Waals surface area contributed by atoms with Crippen LogP contribution in [0.5, 0.6) is 0 Å². The third-order valence-electron chi connectivity index (χ3n) is 16.2. The predicted molar refractivity (Wildman–Crippen MR) is 197 cm³/mol. The van der Waals surface area contributed by atoms with Gasteiger partial charge in [-0.1, -0.05) is 90.4 Å². The van der Waals surface area contributed by atoms with E-state index < -0.39 is 5.41 Å². The van der Waals surface area contributed by atoms with Gasteiger partial charge in [-0.05, 0) is 109 Å². The zero-order chi connectivity index (χ0) is 35.6. The molecule has 0 amide bonds. The number of carbonyl (C=O) groups is 2. The lowest BCUT2D eigenvalue weighted by Gasteiger charge is -2.71. The Balaban J connectivity index is 1.12. The highest BCUT2D eigenvalue weighted by Gasteiger charge is 2.69. The average Bonchev–Trinajstić information content (AvgIpc) is 3.08. The highest BCUT2D eigenvalue weighted by atomic mass is 16.5. The fourth-order valence-electron chi connectivity index (χ4n) is 13.0. The Morgan fingerprint density at radius 1 is 0.860 bits per heavy atom. The van der Waals surface area contributed by atoms with Gasteiger partial charge in [0, 0.05) is 25.0 Å². The number of carbonyl (C=O) groups excluding carboxylic acids is 2. The van der Waals surface area contributed by atoms with Crippen molar-refractivity contribution >= 4 is 11.9 Å². The van der Waals surface area contributed by atoms with Crippen LogP contribution in [0.25, 0.3) is 0 Å². The molecule has 5 fully saturated rings. The Morgan fingerprint density at radius 3 is 2.32 bits per heavy atom. The molecule has 1 aromatic rings. The highest BCUT2D eigenvalue weighted by Crippen LogP contribution is 2.76. The second-order valence-corrected chi connectivity index (χ2v) is 19.5. The third kappa shape index (κ3) is 5.91. The maximum atomic E-state index is 14.3. The molecule has 5 aliphatic carbocycles. The van der Waals surface area contributed by atoms with E-state index in [1.54, 1.807) is 5.57 Å². The monoisotopic (exact) mass is 687 g/mol. The van der Waals surface area contributed by atoms with Gasteiger partial charge in [0.15, 0.2) is 0 Å². The molecule has 0 bridgehead atoms. The molecule has 6 nitrogen and oxygen atoms in total. The molecule has 50 heavy (non-hydrogen) atoms. The van der Waals surface area contributed by atoms with Gasteiger partial charge >= 0.3 is 11.9 Å². The van der Waals surface area contributed by atoms with Crippen molar-refractivity contribution in [3.8, 4) is 0 Å². The SMILES string of the molecule is CC1(C)CC[C@]2(C(=O)OCc3ccccc3)CC[C@]3(C)C(=CC[C@@H]4[C@@]5(C)CC[C@H](OC(=O)CCN6CCOCC6)C(C)(C)[C@@H]5CC[C@]43C)[C@@H]2C1. The highest BCUT2D eigenvalue weighted by molar-refractivity contribution is 5.79. The van der Waals surface area contributed by atoms with Crippen molar-refractivity contribution in [3.05, 3.63) is 47.5 Å². The zero-order valence-electron chi connectivity index (χ0n) is 32.3. The van der Waals surface area contributed by atoms with E-state index >= 15 is 0 Å². The van der Waals surface area contributed by atoms with Gasteiger partial charge in [-0.25, -0.2) is 0 Å². The molecule has 0 radical (unpaired) electrons. The number of hydrogen-bond donors (Lipinski definition) is 0. The van der Waals surface area contributed by atoms with Crippen LogP contribution in [0.4, 0.5) is 0 Å². The van der Waals surface area contributed by atoms with E-state index in [2.05, 4.69) is 71.6 Å². The van der Waals surface area contributed by atoms with E-state index in [1.807, 2.05) is 18.2 Å². The van der Waals surface area contributed by atoms with Gasteiger partial charge in [-0.2, -0.15) is 0 Å². The summed E-state index contributed by atoms with van der Waals surface area (Å²) in [5, 5.41) is 0. The van der Waals surface area contributed by atoms with Crippen LogP contribution in [-0.4, -0.2) is 55.8 Å². The van der Waals surface area contributed by atoms with Crippen LogP contribution < -0.4 is 0 Å². The number of nitrogens with zero attached hydrogens (tertiary/aromatic N) is 1. The quantitative estimate of drug-likeness (QED) is 0.211. The van der Waals surface area contributed by atoms with E-state index in [0.29, 0.717) is 24.9 Å². The maximum Gasteiger partial charge on any atom is 0.313 e. The number of morpholine rings is 1. The number of fused-ring (bicyclic) bond motifs is 7. The lowest BCUT2D eigenvalue weighted by molar-refractivity contribution is -0.214. The Kier molecular flexibility index (Phi) is 9.44. The predicted octanol–water partition coefficient (Wildman–Crippen LogP) is 9.17. The summed E-state index contributed by atoms with van der Waals surface area (Å²) in [6.45, 7) is 21.8. The van der Waals surface area contributed by atoms with E-state index in [4.69, 9.17) is 14.2 Å². The van der Waals surface area contributed by atoms with E-state index in [1.165, 1.54) is 12.8 Å². The van der Waals surface area contributed by atoms with Gasteiger partial charge in [0.1, 0.15) is 12.7 Å². The van der Waals surface area contributed by atoms with Crippen molar-refractivity contribution < 1.29 is 23.8 Å². The number of esters is 2. The first-order chi connectivity index (χ1) is 23.6. The van der Waals surface area contributed by atoms with Crippen LogP contribution in [0.1, 0.15) is 125 Å². The number of rotatable bonds is 7. The molecule has 4 saturated carbocycles. The number of hydrogen-bond acceptors (Lipinski definition) is 6. The summed E-state index contributed by atoms with van der Waals surface area (Å²) in [4.78, 5) is 29.8. The van der Waals surface area contributed by atoms with Crippen molar-refractivity contribution in [1.82, 2.24) is 4.90 Å². The van der Waals surface area contributed by atoms with E-state index in [0.717, 1.165) is 89.8 Å². The Bertz CT molecular complexity index is 1460. The lowest BCUT2D eigenvalue weighted by Crippen LogP contribution is -2.65. The molecule has 1 saturated heterocycles. The molecular formula is C44H65NO5. The van der Waals surface area contributed by atoms with Crippen LogP contribution in [0.2, 0.25) is 0 Å². The first-order valence-electron chi connectivity index (χ1n) is 20.1. The van der Waals surface area contributed by atoms with Gasteiger partial charge < -0.3 is 14.2 Å². The standard InChI is InChI=1S/C44H65NO5/c1-39(2)20-22-44(38(47)49-30-31-11-9-8-10-12-31)23-21-42(6)32(33(44)29-39)13-14-35-41(5)18-16-36(40(3,4)34(41)15-19-43(35,42)7)50-37(46)17-24-45-25-27-48-28-26-45/h8-13,33-36H,14-30H2,1-7H3/t33-,34-,35+,36-,41-,42+,43+,44-/m0/s1. The molecule has 1 heterocycles. The Labute approximate surface area is 302 Å². The molecule has 6 heteroatoms. The molecule has 276 valence electrons. The summed E-state index contributed by atoms with van der Waals surface area (Å²) in [5.41, 5.74) is 2.72. The van der Waals surface area contributed by atoms with Gasteiger partial charge in [0.2, 0.25) is 0 Å². The summed E-state index contributed by atoms with van der Waals surface area (Å²) < 4.78 is 18.1. The average molecular weight is 688 g/mol. The number of ether oxygens (including phenoxy) is 3. The van der Waals surface area contributed by atoms with Gasteiger partial charge in [0.05, 0.1) is 25.0 Å². The molecule has 1 aliphatic heterocycles. The topological polar surface area (TPSA) is 65.1 Å². The van der Waals surface area contributed by atoms with Gasteiger partial charge in [0.25, 0.3) is 0 Å². The van der Waals surface area contributed by atoms with Crippen molar-refractivity contribution in [2.75, 3.05) is 32.8 Å². The Morgan fingerprint density at radius 2 is 1.58 bits per heavy atom. The molecule has 0 unspecified atom stereocenters. The minimum absolute atomic E-state index is 0.0333. The van der Waals surface area contributed by atoms with Crippen LogP contribution in [0.3, 0.4) is 0 Å². The van der Waals surface area contributed by atoms with Crippen LogP contribution >= 0.6 is 0 Å². The summed E-state index contributed by atoms with van der Waals surface area (Å²) in [7, 11) is 0. The maximum absolute atomic E-state index is 14.3. The van der Waals surface area contributed by atoms with Gasteiger partial charge in [-0.15, -0.1) is 0 Å². The van der Waals surface area contributed by atoms with E-state index in [-0.39, 0.29) is 51.0 Å². The first kappa shape index (κ1) is 36.2. The molecule has 6 aliphatic rings. The second kappa shape index (κ2) is 13.0. The second-order valence-electron chi connectivity index (χ2n) is 19.5. The molecule has 0 aromatic heterocycles. The molecule has 0 N–H and O–H groups in total. The number of allylic oxidation sites excluding steroid dienone is 2. The summed E-state index contributed by atoms with van der Waals surface area (Å²) in [5.74, 6) is 1.29. The summed E-state index contributed by atoms with van der Waals surface area (Å²) in [6.07, 6.45) is 13.6. The molecule has 0 spiro atoms. The lowest BCUT2D eigenvalue weighted by atomic mass is 9.33. The van der Waals surface area contributed by atoms with Crippen LogP contribution in [-0.2, 0) is 30.4 Å². The molecule has 1 aromatic carbocycles. The fraction of sp³-hybridized carbons (Fsp3) is 0.773. The number of benzene rings is 1. The van der Waals surface area contributed by atoms with Crippen molar-refractivity contribution in [3.63, 3.8) is 0 Å². The zero-order valence-corrected chi connectivity index (χ0v) is 32.3. The summed E-state index contributed by atoms with van der Waals surface area (Å²) in [6, 6.07) is 10.2. The van der Waals surface area contributed by atoms with Gasteiger partial charge in [-0.3, -0.25) is 14.5 Å². The molecule has 7 rings (SSSR count). The smallest absolute Gasteiger partial charge is 0.313 e. The first-order valence-corrected chi connectivity index (χ1v) is 20.1. The molecular weight excluding hydrogens is 622 g/mol. The minimum atomic E-state index is -0.425. The van der Waals surface area contributed by atoms with Crippen molar-refractivity contribution in [1.29, 1.82) is 0 Å². The van der Waals surface area contributed by atoms with E-state index in [9.17, 15) is 9.59 Å². The van der Waals surface area contributed by atoms with Crippen LogP contribution in [0, 0.1) is 50.2 Å².